The number of rotatable bonds is 6. The van der Waals surface area contributed by atoms with Gasteiger partial charge in [-0.05, 0) is 37.3 Å². The third-order valence-corrected chi connectivity index (χ3v) is 5.07. The van der Waals surface area contributed by atoms with Crippen LogP contribution in [0.4, 0.5) is 9.18 Å². The number of nitrogens with zero attached hydrogens (tertiary/aromatic N) is 2. The lowest BCUT2D eigenvalue weighted by atomic mass is 10.2. The first kappa shape index (κ1) is 19.8. The first-order chi connectivity index (χ1) is 13.4. The van der Waals surface area contributed by atoms with Crippen molar-refractivity contribution in [1.82, 2.24) is 14.9 Å². The highest BCUT2D eigenvalue weighted by Crippen LogP contribution is 2.26. The number of thioether (sulfide) groups is 1. The van der Waals surface area contributed by atoms with Crippen LogP contribution in [-0.4, -0.2) is 38.2 Å². The molecule has 0 aliphatic heterocycles. The second-order valence-corrected chi connectivity index (χ2v) is 7.12. The van der Waals surface area contributed by atoms with E-state index in [0.717, 1.165) is 0 Å². The molecule has 0 saturated carbocycles. The van der Waals surface area contributed by atoms with Gasteiger partial charge in [-0.15, -0.1) is 11.8 Å². The van der Waals surface area contributed by atoms with Crippen molar-refractivity contribution in [3.8, 4) is 5.69 Å². The minimum absolute atomic E-state index is 0.0514. The molecule has 0 spiro atoms. The third-order valence-electron chi connectivity index (χ3n) is 4.03. The minimum Gasteiger partial charge on any atom is -0.465 e. The minimum atomic E-state index is -1.26. The zero-order valence-electron chi connectivity index (χ0n) is 14.9. The summed E-state index contributed by atoms with van der Waals surface area (Å²) in [5.74, 6) is 0.0177. The van der Waals surface area contributed by atoms with Crippen molar-refractivity contribution in [2.75, 3.05) is 12.4 Å². The molecule has 146 valence electrons. The first-order valence-electron chi connectivity index (χ1n) is 8.47. The summed E-state index contributed by atoms with van der Waals surface area (Å²) < 4.78 is 15.0. The number of halogens is 1. The lowest BCUT2D eigenvalue weighted by molar-refractivity contribution is 0.190. The van der Waals surface area contributed by atoms with Gasteiger partial charge in [0.05, 0.1) is 29.2 Å². The monoisotopic (exact) mass is 403 g/mol. The summed E-state index contributed by atoms with van der Waals surface area (Å²) in [6.45, 7) is 1.51. The average Bonchev–Trinajstić information content (AvgIpc) is 2.65. The summed E-state index contributed by atoms with van der Waals surface area (Å²) in [6.07, 6.45) is -1.26. The summed E-state index contributed by atoms with van der Waals surface area (Å²) in [5.41, 5.74) is 0.204. The summed E-state index contributed by atoms with van der Waals surface area (Å²) in [6, 6.07) is 9.80. The molecule has 1 heterocycles. The van der Waals surface area contributed by atoms with Gasteiger partial charge in [0.15, 0.2) is 0 Å². The summed E-state index contributed by atoms with van der Waals surface area (Å²) in [5, 5.41) is 20.8. The first-order valence-corrected chi connectivity index (χ1v) is 9.45. The molecule has 2 aromatic carbocycles. The number of benzene rings is 2. The van der Waals surface area contributed by atoms with E-state index in [2.05, 4.69) is 10.3 Å². The molecule has 1 unspecified atom stereocenters. The Balaban J connectivity index is 2.33. The Morgan fingerprint density at radius 3 is 2.75 bits per heavy atom. The molecule has 0 bridgehead atoms. The maximum Gasteiger partial charge on any atom is 0.405 e. The van der Waals surface area contributed by atoms with E-state index in [9.17, 15) is 14.0 Å². The molecule has 28 heavy (non-hydrogen) atoms. The summed E-state index contributed by atoms with van der Waals surface area (Å²) >= 11 is 1.31. The number of carboxylic acid groups (broad SMARTS) is 1. The van der Waals surface area contributed by atoms with E-state index in [1.807, 2.05) is 0 Å². The van der Waals surface area contributed by atoms with E-state index in [1.165, 1.54) is 34.5 Å². The lowest BCUT2D eigenvalue weighted by Gasteiger charge is -2.19. The van der Waals surface area contributed by atoms with Crippen LogP contribution < -0.4 is 10.9 Å². The fourth-order valence-corrected chi connectivity index (χ4v) is 3.72. The molecule has 0 aliphatic rings. The number of aromatic nitrogens is 2. The van der Waals surface area contributed by atoms with Crippen molar-refractivity contribution in [3.63, 3.8) is 0 Å². The van der Waals surface area contributed by atoms with E-state index >= 15 is 0 Å². The molecule has 1 aromatic heterocycles. The summed E-state index contributed by atoms with van der Waals surface area (Å²) in [4.78, 5) is 29.6. The zero-order valence-corrected chi connectivity index (χ0v) is 15.7. The number of aliphatic hydroxyl groups excluding tert-OH is 1. The Hall–Kier alpha value is -2.91. The van der Waals surface area contributed by atoms with Crippen molar-refractivity contribution in [1.29, 1.82) is 0 Å². The van der Waals surface area contributed by atoms with E-state index in [4.69, 9.17) is 10.2 Å². The zero-order chi connectivity index (χ0) is 20.3. The Morgan fingerprint density at radius 1 is 1.32 bits per heavy atom. The van der Waals surface area contributed by atoms with E-state index < -0.39 is 23.5 Å². The molecule has 3 aromatic rings. The number of aliphatic hydroxyl groups is 1. The standard InChI is InChI=1S/C19H18FN3O4S/c1-11(21-19(26)27)17-22-14-6-3-7-15(28-9-8-24)16(14)18(25)23(17)13-5-2-4-12(20)10-13/h2-7,10-11,21,24H,8-9H2,1H3,(H,26,27). The van der Waals surface area contributed by atoms with Crippen LogP contribution in [0.3, 0.4) is 0 Å². The molecule has 1 atom stereocenters. The number of nitrogens with one attached hydrogen (secondary N) is 1. The fourth-order valence-electron chi connectivity index (χ4n) is 2.90. The predicted molar refractivity (Wildman–Crippen MR) is 105 cm³/mol. The maximum absolute atomic E-state index is 13.8. The number of hydrogen-bond donors (Lipinski definition) is 3. The highest BCUT2D eigenvalue weighted by Gasteiger charge is 2.21. The lowest BCUT2D eigenvalue weighted by Crippen LogP contribution is -2.32. The fraction of sp³-hybridized carbons (Fsp3) is 0.211. The van der Waals surface area contributed by atoms with Gasteiger partial charge >= 0.3 is 6.09 Å². The van der Waals surface area contributed by atoms with Crippen molar-refractivity contribution in [2.45, 2.75) is 17.9 Å². The van der Waals surface area contributed by atoms with Crippen LogP contribution in [0, 0.1) is 5.82 Å². The van der Waals surface area contributed by atoms with Crippen LogP contribution in [0.5, 0.6) is 0 Å². The van der Waals surface area contributed by atoms with E-state index in [0.29, 0.717) is 21.6 Å². The van der Waals surface area contributed by atoms with Crippen molar-refractivity contribution < 1.29 is 19.4 Å². The van der Waals surface area contributed by atoms with Gasteiger partial charge in [0.25, 0.3) is 5.56 Å². The molecular formula is C19H18FN3O4S. The van der Waals surface area contributed by atoms with E-state index in [-0.39, 0.29) is 18.1 Å². The van der Waals surface area contributed by atoms with Gasteiger partial charge in [-0.3, -0.25) is 9.36 Å². The molecule has 9 heteroatoms. The van der Waals surface area contributed by atoms with Crippen LogP contribution >= 0.6 is 11.8 Å². The topological polar surface area (TPSA) is 104 Å². The van der Waals surface area contributed by atoms with Crippen molar-refractivity contribution in [2.24, 2.45) is 0 Å². The second-order valence-electron chi connectivity index (χ2n) is 5.98. The normalized spacial score (nSPS) is 12.1. The van der Waals surface area contributed by atoms with Gasteiger partial charge in [-0.1, -0.05) is 12.1 Å². The van der Waals surface area contributed by atoms with Gasteiger partial charge in [-0.25, -0.2) is 14.2 Å². The Bertz CT molecular complexity index is 1090. The van der Waals surface area contributed by atoms with Gasteiger partial charge < -0.3 is 15.5 Å². The van der Waals surface area contributed by atoms with Crippen LogP contribution in [-0.2, 0) is 0 Å². The molecule has 3 rings (SSSR count). The molecular weight excluding hydrogens is 385 g/mol. The van der Waals surface area contributed by atoms with Crippen molar-refractivity contribution in [3.05, 3.63) is 64.5 Å². The Morgan fingerprint density at radius 2 is 2.07 bits per heavy atom. The number of hydrogen-bond acceptors (Lipinski definition) is 5. The Labute approximate surface area is 163 Å². The molecule has 3 N–H and O–H groups in total. The number of fused-ring (bicyclic) bond motifs is 1. The number of amides is 1. The van der Waals surface area contributed by atoms with Crippen LogP contribution in [0.2, 0.25) is 0 Å². The van der Waals surface area contributed by atoms with E-state index in [1.54, 1.807) is 31.2 Å². The smallest absolute Gasteiger partial charge is 0.405 e. The van der Waals surface area contributed by atoms with Gasteiger partial charge in [0.1, 0.15) is 11.6 Å². The van der Waals surface area contributed by atoms with Crippen LogP contribution in [0.25, 0.3) is 16.6 Å². The highest BCUT2D eigenvalue weighted by molar-refractivity contribution is 7.99. The average molecular weight is 403 g/mol. The van der Waals surface area contributed by atoms with Gasteiger partial charge in [0, 0.05) is 10.6 Å². The predicted octanol–water partition coefficient (Wildman–Crippen LogP) is 2.94. The van der Waals surface area contributed by atoms with Gasteiger partial charge in [-0.2, -0.15) is 0 Å². The van der Waals surface area contributed by atoms with Crippen molar-refractivity contribution >= 4 is 28.8 Å². The van der Waals surface area contributed by atoms with Gasteiger partial charge in [0.2, 0.25) is 0 Å². The molecule has 0 fully saturated rings. The molecule has 0 aliphatic carbocycles. The molecule has 7 nitrogen and oxygen atoms in total. The second kappa shape index (κ2) is 8.41. The molecule has 0 radical (unpaired) electrons. The van der Waals surface area contributed by atoms with Crippen LogP contribution in [0.15, 0.2) is 52.2 Å². The largest absolute Gasteiger partial charge is 0.465 e. The third kappa shape index (κ3) is 4.00. The number of carbonyl (C=O) groups is 1. The summed E-state index contributed by atoms with van der Waals surface area (Å²) in [7, 11) is 0. The highest BCUT2D eigenvalue weighted by atomic mass is 32.2. The quantitative estimate of drug-likeness (QED) is 0.547. The van der Waals surface area contributed by atoms with Crippen LogP contribution in [0.1, 0.15) is 18.8 Å². The maximum atomic E-state index is 13.8. The molecule has 0 saturated heterocycles. The Kier molecular flexibility index (Phi) is 5.96. The SMILES string of the molecule is CC(NC(=O)O)c1nc2cccc(SCCO)c2c(=O)n1-c1cccc(F)c1. The molecule has 1 amide bonds.